The molecular weight excluding hydrogens is 120 g/mol. The number of hydrogen-bond donors (Lipinski definition) is 0. The minimum absolute atomic E-state index is 0.0710. The van der Waals surface area contributed by atoms with Crippen LogP contribution in [0.4, 0.5) is 0 Å². The molecule has 0 aromatic rings. The smallest absolute Gasteiger partial charge is 0.306 e. The first kappa shape index (κ1) is 5.23. The van der Waals surface area contributed by atoms with Crippen molar-refractivity contribution in [3.05, 3.63) is 0 Å². The molecule has 2 aliphatic rings. The van der Waals surface area contributed by atoms with Crippen LogP contribution >= 0.6 is 0 Å². The van der Waals surface area contributed by atoms with Gasteiger partial charge in [-0.05, 0) is 0 Å². The van der Waals surface area contributed by atoms with Crippen LogP contribution in [0.1, 0.15) is 12.8 Å². The molecule has 1 spiro atoms. The first-order chi connectivity index (χ1) is 4.31. The van der Waals surface area contributed by atoms with Crippen molar-refractivity contribution >= 4 is 5.97 Å². The van der Waals surface area contributed by atoms with Crippen molar-refractivity contribution in [1.29, 1.82) is 0 Å². The largest absolute Gasteiger partial charge is 0.454 e. The van der Waals surface area contributed by atoms with E-state index in [9.17, 15) is 4.79 Å². The third-order valence-electron chi connectivity index (χ3n) is 1.85. The molecule has 2 saturated heterocycles. The predicted molar refractivity (Wildman–Crippen MR) is 28.9 cm³/mol. The normalized spacial score (nSPS) is 30.0. The molecule has 2 fully saturated rings. The summed E-state index contributed by atoms with van der Waals surface area (Å²) in [7, 11) is 0. The lowest BCUT2D eigenvalue weighted by Crippen LogP contribution is -2.49. The fourth-order valence-corrected chi connectivity index (χ4v) is 1.21. The molecule has 2 aliphatic heterocycles. The van der Waals surface area contributed by atoms with Crippen LogP contribution in [0.25, 0.3) is 0 Å². The maximum Gasteiger partial charge on any atom is 0.306 e. The standard InChI is InChI=1S/C6H8O3/c7-5-1-2-6(9-5)3-8-4-6/h1-4H2. The van der Waals surface area contributed by atoms with Gasteiger partial charge in [-0.15, -0.1) is 0 Å². The lowest BCUT2D eigenvalue weighted by Gasteiger charge is -2.35. The number of carbonyl (C=O) groups excluding carboxylic acids is 1. The highest BCUT2D eigenvalue weighted by molar-refractivity contribution is 5.72. The van der Waals surface area contributed by atoms with E-state index in [1.807, 2.05) is 0 Å². The van der Waals surface area contributed by atoms with E-state index in [1.54, 1.807) is 0 Å². The van der Waals surface area contributed by atoms with Crippen LogP contribution in [0, 0.1) is 0 Å². The number of hydrogen-bond acceptors (Lipinski definition) is 3. The molecule has 50 valence electrons. The van der Waals surface area contributed by atoms with E-state index in [4.69, 9.17) is 9.47 Å². The van der Waals surface area contributed by atoms with Crippen molar-refractivity contribution in [3.8, 4) is 0 Å². The highest BCUT2D eigenvalue weighted by Crippen LogP contribution is 2.32. The predicted octanol–water partition coefficient (Wildman–Crippen LogP) is 0.0924. The quantitative estimate of drug-likeness (QED) is 0.434. The molecule has 0 aromatic carbocycles. The summed E-state index contributed by atoms with van der Waals surface area (Å²) in [6.45, 7) is 1.22. The maximum atomic E-state index is 10.6. The molecule has 0 bridgehead atoms. The fourth-order valence-electron chi connectivity index (χ4n) is 1.21. The van der Waals surface area contributed by atoms with Gasteiger partial charge in [0.2, 0.25) is 0 Å². The van der Waals surface area contributed by atoms with E-state index in [0.29, 0.717) is 19.6 Å². The number of rotatable bonds is 0. The van der Waals surface area contributed by atoms with Crippen LogP contribution in [-0.2, 0) is 14.3 Å². The SMILES string of the molecule is O=C1CCC2(COC2)O1. The minimum Gasteiger partial charge on any atom is -0.454 e. The second-order valence-electron chi connectivity index (χ2n) is 2.65. The van der Waals surface area contributed by atoms with Crippen LogP contribution < -0.4 is 0 Å². The third-order valence-corrected chi connectivity index (χ3v) is 1.85. The average Bonchev–Trinajstić information content (AvgIpc) is 2.09. The fraction of sp³-hybridized carbons (Fsp3) is 0.833. The number of esters is 1. The van der Waals surface area contributed by atoms with Gasteiger partial charge in [0.25, 0.3) is 0 Å². The highest BCUT2D eigenvalue weighted by Gasteiger charge is 2.46. The first-order valence-corrected chi connectivity index (χ1v) is 3.10. The summed E-state index contributed by atoms with van der Waals surface area (Å²) in [5.41, 5.74) is -0.183. The van der Waals surface area contributed by atoms with Gasteiger partial charge in [-0.3, -0.25) is 4.79 Å². The Morgan fingerprint density at radius 3 is 2.44 bits per heavy atom. The van der Waals surface area contributed by atoms with Gasteiger partial charge in [-0.1, -0.05) is 0 Å². The van der Waals surface area contributed by atoms with Gasteiger partial charge in [0, 0.05) is 12.8 Å². The molecule has 0 aromatic heterocycles. The summed E-state index contributed by atoms with van der Waals surface area (Å²) in [5, 5.41) is 0. The lowest BCUT2D eigenvalue weighted by molar-refractivity contribution is -0.194. The topological polar surface area (TPSA) is 35.5 Å². The molecule has 0 saturated carbocycles. The van der Waals surface area contributed by atoms with Gasteiger partial charge in [0.05, 0.1) is 13.2 Å². The molecule has 0 radical (unpaired) electrons. The average molecular weight is 128 g/mol. The molecule has 9 heavy (non-hydrogen) atoms. The molecule has 2 heterocycles. The highest BCUT2D eigenvalue weighted by atomic mass is 16.6. The van der Waals surface area contributed by atoms with E-state index in [2.05, 4.69) is 0 Å². The molecule has 0 aliphatic carbocycles. The van der Waals surface area contributed by atoms with Crippen molar-refractivity contribution < 1.29 is 14.3 Å². The van der Waals surface area contributed by atoms with Gasteiger partial charge in [-0.25, -0.2) is 0 Å². The third kappa shape index (κ3) is 0.645. The van der Waals surface area contributed by atoms with Crippen LogP contribution in [0.5, 0.6) is 0 Å². The summed E-state index contributed by atoms with van der Waals surface area (Å²) in [4.78, 5) is 10.6. The molecule has 0 unspecified atom stereocenters. The van der Waals surface area contributed by atoms with E-state index in [-0.39, 0.29) is 11.6 Å². The Morgan fingerprint density at radius 2 is 2.22 bits per heavy atom. The van der Waals surface area contributed by atoms with Crippen molar-refractivity contribution in [2.75, 3.05) is 13.2 Å². The van der Waals surface area contributed by atoms with Crippen LogP contribution in [0.15, 0.2) is 0 Å². The zero-order chi connectivity index (χ0) is 6.32. The summed E-state index contributed by atoms with van der Waals surface area (Å²) >= 11 is 0. The van der Waals surface area contributed by atoms with E-state index in [1.165, 1.54) is 0 Å². The Bertz CT molecular complexity index is 148. The van der Waals surface area contributed by atoms with Crippen LogP contribution in [-0.4, -0.2) is 24.8 Å². The summed E-state index contributed by atoms with van der Waals surface area (Å²) < 4.78 is 9.95. The molecule has 2 rings (SSSR count). The van der Waals surface area contributed by atoms with Gasteiger partial charge < -0.3 is 9.47 Å². The summed E-state index contributed by atoms with van der Waals surface area (Å²) in [6, 6.07) is 0. The van der Waals surface area contributed by atoms with Gasteiger partial charge in [0.1, 0.15) is 0 Å². The van der Waals surface area contributed by atoms with E-state index < -0.39 is 0 Å². The maximum absolute atomic E-state index is 10.6. The molecule has 0 N–H and O–H groups in total. The second-order valence-corrected chi connectivity index (χ2v) is 2.65. The molecular formula is C6H8O3. The lowest BCUT2D eigenvalue weighted by atomic mass is 9.99. The summed E-state index contributed by atoms with van der Waals surface area (Å²) in [5.74, 6) is -0.0710. The zero-order valence-corrected chi connectivity index (χ0v) is 5.05. The number of ether oxygens (including phenoxy) is 2. The van der Waals surface area contributed by atoms with E-state index in [0.717, 1.165) is 6.42 Å². The molecule has 3 nitrogen and oxygen atoms in total. The Kier molecular flexibility index (Phi) is 0.858. The van der Waals surface area contributed by atoms with Crippen molar-refractivity contribution in [2.45, 2.75) is 18.4 Å². The molecule has 0 amide bonds. The van der Waals surface area contributed by atoms with Crippen LogP contribution in [0.3, 0.4) is 0 Å². The van der Waals surface area contributed by atoms with Gasteiger partial charge >= 0.3 is 5.97 Å². The first-order valence-electron chi connectivity index (χ1n) is 3.10. The molecule has 3 heteroatoms. The monoisotopic (exact) mass is 128 g/mol. The Hall–Kier alpha value is -0.570. The van der Waals surface area contributed by atoms with Crippen molar-refractivity contribution in [3.63, 3.8) is 0 Å². The Balaban J connectivity index is 2.07. The Labute approximate surface area is 52.9 Å². The van der Waals surface area contributed by atoms with E-state index >= 15 is 0 Å². The molecule has 0 atom stereocenters. The zero-order valence-electron chi connectivity index (χ0n) is 5.05. The van der Waals surface area contributed by atoms with Crippen molar-refractivity contribution in [2.24, 2.45) is 0 Å². The van der Waals surface area contributed by atoms with Gasteiger partial charge in [0.15, 0.2) is 5.60 Å². The summed E-state index contributed by atoms with van der Waals surface area (Å²) in [6.07, 6.45) is 1.43. The Morgan fingerprint density at radius 1 is 1.44 bits per heavy atom. The van der Waals surface area contributed by atoms with Crippen molar-refractivity contribution in [1.82, 2.24) is 0 Å². The van der Waals surface area contributed by atoms with Crippen LogP contribution in [0.2, 0.25) is 0 Å². The minimum atomic E-state index is -0.183. The number of carbonyl (C=O) groups is 1. The van der Waals surface area contributed by atoms with Gasteiger partial charge in [-0.2, -0.15) is 0 Å². The second kappa shape index (κ2) is 1.48.